The summed E-state index contributed by atoms with van der Waals surface area (Å²) < 4.78 is 0. The highest BCUT2D eigenvalue weighted by Gasteiger charge is 2.54. The second-order valence-corrected chi connectivity index (χ2v) is 6.29. The van der Waals surface area contributed by atoms with Gasteiger partial charge in [0.2, 0.25) is 5.91 Å². The standard InChI is InChI=1S/C19H20N2O/c22-18-19(16(13-20-18)14-7-3-1-4-8-14)12-11-17(21-19)15-9-5-2-6-10-15/h1-10,16-17,21H,11-13H2,(H,20,22)/t16-,17-,19+/m0/s1. The number of hydrogen-bond acceptors (Lipinski definition) is 2. The van der Waals surface area contributed by atoms with Gasteiger partial charge in [-0.05, 0) is 24.0 Å². The topological polar surface area (TPSA) is 41.1 Å². The maximum Gasteiger partial charge on any atom is 0.241 e. The molecule has 2 aromatic carbocycles. The first-order chi connectivity index (χ1) is 10.8. The molecule has 4 rings (SSSR count). The lowest BCUT2D eigenvalue weighted by Crippen LogP contribution is -2.50. The first-order valence-electron chi connectivity index (χ1n) is 7.95. The minimum Gasteiger partial charge on any atom is -0.354 e. The fraction of sp³-hybridized carbons (Fsp3) is 0.316. The Kier molecular flexibility index (Phi) is 3.23. The summed E-state index contributed by atoms with van der Waals surface area (Å²) in [6.45, 7) is 0.720. The summed E-state index contributed by atoms with van der Waals surface area (Å²) >= 11 is 0. The number of hydrogen-bond donors (Lipinski definition) is 2. The van der Waals surface area contributed by atoms with E-state index in [-0.39, 0.29) is 17.9 Å². The Bertz CT molecular complexity index is 670. The maximum absolute atomic E-state index is 12.6. The monoisotopic (exact) mass is 292 g/mol. The van der Waals surface area contributed by atoms with Crippen LogP contribution in [-0.2, 0) is 4.79 Å². The van der Waals surface area contributed by atoms with Crippen molar-refractivity contribution < 1.29 is 4.79 Å². The van der Waals surface area contributed by atoms with Gasteiger partial charge in [-0.1, -0.05) is 60.7 Å². The van der Waals surface area contributed by atoms with E-state index in [1.54, 1.807) is 0 Å². The highest BCUT2D eigenvalue weighted by molar-refractivity contribution is 5.91. The molecule has 2 aliphatic rings. The van der Waals surface area contributed by atoms with Gasteiger partial charge < -0.3 is 5.32 Å². The minimum atomic E-state index is -0.456. The van der Waals surface area contributed by atoms with Crippen molar-refractivity contribution in [3.8, 4) is 0 Å². The van der Waals surface area contributed by atoms with Gasteiger partial charge in [-0.2, -0.15) is 0 Å². The fourth-order valence-electron chi connectivity index (χ4n) is 3.99. The van der Waals surface area contributed by atoms with Crippen molar-refractivity contribution in [1.29, 1.82) is 0 Å². The van der Waals surface area contributed by atoms with Crippen molar-refractivity contribution >= 4 is 5.91 Å². The zero-order valence-corrected chi connectivity index (χ0v) is 12.5. The minimum absolute atomic E-state index is 0.153. The number of carbonyl (C=O) groups excluding carboxylic acids is 1. The van der Waals surface area contributed by atoms with Gasteiger partial charge in [0.1, 0.15) is 5.54 Å². The second kappa shape index (κ2) is 5.25. The molecule has 0 unspecified atom stereocenters. The van der Waals surface area contributed by atoms with Crippen LogP contribution < -0.4 is 10.6 Å². The van der Waals surface area contributed by atoms with Crippen LogP contribution in [0.2, 0.25) is 0 Å². The molecule has 1 amide bonds. The first kappa shape index (κ1) is 13.5. The van der Waals surface area contributed by atoms with Crippen LogP contribution in [0.1, 0.15) is 35.9 Å². The smallest absolute Gasteiger partial charge is 0.241 e. The molecule has 3 heteroatoms. The molecule has 0 saturated carbocycles. The van der Waals surface area contributed by atoms with E-state index in [1.165, 1.54) is 11.1 Å². The summed E-state index contributed by atoms with van der Waals surface area (Å²) in [6.07, 6.45) is 1.89. The van der Waals surface area contributed by atoms with Crippen molar-refractivity contribution in [3.05, 3.63) is 71.8 Å². The Morgan fingerprint density at radius 3 is 2.23 bits per heavy atom. The summed E-state index contributed by atoms with van der Waals surface area (Å²) in [6, 6.07) is 21.1. The molecule has 0 radical (unpaired) electrons. The van der Waals surface area contributed by atoms with Gasteiger partial charge in [0.05, 0.1) is 0 Å². The average Bonchev–Trinajstić information content (AvgIpc) is 3.16. The van der Waals surface area contributed by atoms with E-state index in [0.29, 0.717) is 0 Å². The van der Waals surface area contributed by atoms with E-state index >= 15 is 0 Å². The summed E-state index contributed by atoms with van der Waals surface area (Å²) in [4.78, 5) is 12.6. The van der Waals surface area contributed by atoms with Gasteiger partial charge in [-0.3, -0.25) is 10.1 Å². The Hall–Kier alpha value is -2.13. The fourth-order valence-corrected chi connectivity index (χ4v) is 3.99. The molecule has 1 spiro atoms. The van der Waals surface area contributed by atoms with E-state index in [1.807, 2.05) is 12.1 Å². The molecular weight excluding hydrogens is 272 g/mol. The number of amides is 1. The van der Waals surface area contributed by atoms with Crippen molar-refractivity contribution in [2.24, 2.45) is 0 Å². The van der Waals surface area contributed by atoms with Gasteiger partial charge in [0, 0.05) is 18.5 Å². The third-order valence-corrected chi connectivity index (χ3v) is 5.13. The Labute approximate surface area is 130 Å². The summed E-state index contributed by atoms with van der Waals surface area (Å²) in [7, 11) is 0. The SMILES string of the molecule is O=C1NC[C@@H](c2ccccc2)[C@]12CC[C@@H](c1ccccc1)N2. The van der Waals surface area contributed by atoms with Crippen LogP contribution >= 0.6 is 0 Å². The van der Waals surface area contributed by atoms with E-state index in [9.17, 15) is 4.79 Å². The predicted molar refractivity (Wildman–Crippen MR) is 86.5 cm³/mol. The summed E-state index contributed by atoms with van der Waals surface area (Å²) in [5.41, 5.74) is 2.05. The number of benzene rings is 2. The molecule has 2 heterocycles. The molecule has 2 aromatic rings. The average molecular weight is 292 g/mol. The lowest BCUT2D eigenvalue weighted by Gasteiger charge is -2.30. The Morgan fingerprint density at radius 2 is 1.55 bits per heavy atom. The molecule has 112 valence electrons. The number of carbonyl (C=O) groups is 1. The van der Waals surface area contributed by atoms with E-state index in [2.05, 4.69) is 59.2 Å². The van der Waals surface area contributed by atoms with Gasteiger partial charge in [0.15, 0.2) is 0 Å². The van der Waals surface area contributed by atoms with Crippen molar-refractivity contribution in [2.45, 2.75) is 30.3 Å². The maximum atomic E-state index is 12.6. The van der Waals surface area contributed by atoms with Crippen molar-refractivity contribution in [1.82, 2.24) is 10.6 Å². The Morgan fingerprint density at radius 1 is 0.909 bits per heavy atom. The van der Waals surface area contributed by atoms with Crippen LogP contribution in [-0.4, -0.2) is 18.0 Å². The molecule has 2 N–H and O–H groups in total. The molecule has 2 fully saturated rings. The van der Waals surface area contributed by atoms with Gasteiger partial charge in [-0.15, -0.1) is 0 Å². The van der Waals surface area contributed by atoms with E-state index in [0.717, 1.165) is 19.4 Å². The lowest BCUT2D eigenvalue weighted by atomic mass is 9.80. The molecule has 2 aliphatic heterocycles. The third-order valence-electron chi connectivity index (χ3n) is 5.13. The Balaban J connectivity index is 1.66. The summed E-state index contributed by atoms with van der Waals surface area (Å²) in [5, 5.41) is 6.74. The van der Waals surface area contributed by atoms with Crippen LogP contribution in [0.3, 0.4) is 0 Å². The van der Waals surface area contributed by atoms with E-state index < -0.39 is 5.54 Å². The molecule has 22 heavy (non-hydrogen) atoms. The molecule has 3 nitrogen and oxygen atoms in total. The van der Waals surface area contributed by atoms with Crippen molar-refractivity contribution in [2.75, 3.05) is 6.54 Å². The predicted octanol–water partition coefficient (Wildman–Crippen LogP) is 2.76. The van der Waals surface area contributed by atoms with Gasteiger partial charge in [0.25, 0.3) is 0 Å². The molecule has 2 saturated heterocycles. The normalized spacial score (nSPS) is 30.6. The van der Waals surface area contributed by atoms with Crippen LogP contribution in [0, 0.1) is 0 Å². The molecular formula is C19H20N2O. The summed E-state index contributed by atoms with van der Waals surface area (Å²) in [5.74, 6) is 0.356. The van der Waals surface area contributed by atoms with Crippen molar-refractivity contribution in [3.63, 3.8) is 0 Å². The van der Waals surface area contributed by atoms with Gasteiger partial charge in [-0.25, -0.2) is 0 Å². The largest absolute Gasteiger partial charge is 0.354 e. The number of rotatable bonds is 2. The highest BCUT2D eigenvalue weighted by atomic mass is 16.2. The zero-order valence-electron chi connectivity index (χ0n) is 12.5. The molecule has 0 aliphatic carbocycles. The molecule has 3 atom stereocenters. The molecule has 0 aromatic heterocycles. The quantitative estimate of drug-likeness (QED) is 0.893. The number of nitrogens with one attached hydrogen (secondary N) is 2. The molecule has 0 bridgehead atoms. The van der Waals surface area contributed by atoms with Crippen LogP contribution in [0.4, 0.5) is 0 Å². The van der Waals surface area contributed by atoms with Crippen LogP contribution in [0.5, 0.6) is 0 Å². The second-order valence-electron chi connectivity index (χ2n) is 6.29. The van der Waals surface area contributed by atoms with Crippen LogP contribution in [0.25, 0.3) is 0 Å². The third kappa shape index (κ3) is 2.04. The van der Waals surface area contributed by atoms with Gasteiger partial charge >= 0.3 is 0 Å². The lowest BCUT2D eigenvalue weighted by molar-refractivity contribution is -0.124. The van der Waals surface area contributed by atoms with Crippen LogP contribution in [0.15, 0.2) is 60.7 Å². The van der Waals surface area contributed by atoms with E-state index in [4.69, 9.17) is 0 Å². The highest BCUT2D eigenvalue weighted by Crippen LogP contribution is 2.44. The zero-order chi connectivity index (χ0) is 15.0. The first-order valence-corrected chi connectivity index (χ1v) is 7.95.